The molecule has 0 bridgehead atoms. The van der Waals surface area contributed by atoms with Crippen molar-refractivity contribution in [2.45, 2.75) is 166 Å². The minimum absolute atomic E-state index is 0.00158. The Bertz CT molecular complexity index is 4610. The van der Waals surface area contributed by atoms with Crippen LogP contribution in [-0.4, -0.2) is 116 Å². The molecule has 610 valence electrons. The Morgan fingerprint density at radius 2 is 0.722 bits per heavy atom. The quantitative estimate of drug-likeness (QED) is 0.0564. The van der Waals surface area contributed by atoms with Gasteiger partial charge in [0.2, 0.25) is 0 Å². The van der Waals surface area contributed by atoms with E-state index < -0.39 is 35.3 Å². The molecule has 0 radical (unpaired) electrons. The van der Waals surface area contributed by atoms with Crippen molar-refractivity contribution in [3.63, 3.8) is 0 Å². The smallest absolute Gasteiger partial charge is 0.337 e. The van der Waals surface area contributed by atoms with Crippen molar-refractivity contribution < 1.29 is 63.1 Å². The lowest BCUT2D eigenvalue weighted by molar-refractivity contribution is -0.138. The molecule has 115 heavy (non-hydrogen) atoms. The summed E-state index contributed by atoms with van der Waals surface area (Å²) in [4.78, 5) is 79.3. The number of halogens is 10. The van der Waals surface area contributed by atoms with E-state index in [1.807, 2.05) is 62.1 Å². The summed E-state index contributed by atoms with van der Waals surface area (Å²) in [5.74, 6) is -2.16. The van der Waals surface area contributed by atoms with Gasteiger partial charge >= 0.3 is 12.4 Å². The van der Waals surface area contributed by atoms with E-state index in [4.69, 9.17) is 0 Å². The van der Waals surface area contributed by atoms with Gasteiger partial charge in [-0.1, -0.05) is 126 Å². The zero-order valence-electron chi connectivity index (χ0n) is 65.4. The maximum Gasteiger partial charge on any atom is 0.416 e. The molecular formula is C89H96F10N8O4S4. The Balaban J connectivity index is 0.000000162. The van der Waals surface area contributed by atoms with Crippen LogP contribution in [0.3, 0.4) is 0 Å². The highest BCUT2D eigenvalue weighted by Crippen LogP contribution is 2.38. The number of hydrogen-bond acceptors (Lipinski definition) is 12. The molecule has 9 aromatic rings. The largest absolute Gasteiger partial charge is 0.416 e. The van der Waals surface area contributed by atoms with Gasteiger partial charge in [-0.05, 0) is 189 Å². The molecule has 0 aliphatic carbocycles. The second-order valence-corrected chi connectivity index (χ2v) is 34.9. The van der Waals surface area contributed by atoms with Crippen LogP contribution >= 0.6 is 47.0 Å². The summed E-state index contributed by atoms with van der Waals surface area (Å²) < 4.78 is 131. The number of carbonyl (C=O) groups excluding carboxylic acids is 4. The highest BCUT2D eigenvalue weighted by molar-refractivity contribution is 7.99. The molecule has 26 heteroatoms. The van der Waals surface area contributed by atoms with E-state index in [1.165, 1.54) is 89.0 Å². The van der Waals surface area contributed by atoms with Crippen LogP contribution in [-0.2, 0) is 47.2 Å². The number of pyridine rings is 4. The van der Waals surface area contributed by atoms with Gasteiger partial charge in [0.05, 0.1) is 33.9 Å². The SMILES string of the molecule is CC(F)(F)c1cccc(SCc2cccc(C(=O)N3CCC(c4ccccc4)CC3)n2)c1.CC1(C)CCCN(C(=O)c2cccc(CSc3cccc(C(F)(F)F)c3)n2)C1.CC1CC(C)CN(C(=O)c2cccc(CSc3cccc(C(C)(F)F)c3)n2)C1.CC1CCCN(C(=O)c2cccc(CSc3cccc(C(F)(F)F)c3)n2)C1. The minimum Gasteiger partial charge on any atom is -0.337 e. The fraction of sp³-hybridized carbons (Fsp3) is 0.393. The van der Waals surface area contributed by atoms with Gasteiger partial charge in [-0.3, -0.25) is 19.2 Å². The van der Waals surface area contributed by atoms with Crippen molar-refractivity contribution in [2.75, 3.05) is 52.4 Å². The Hall–Kier alpha value is -8.72. The molecule has 0 N–H and O–H groups in total. The highest BCUT2D eigenvalue weighted by atomic mass is 32.2. The molecule has 5 aromatic carbocycles. The fourth-order valence-corrected chi connectivity index (χ4v) is 17.6. The standard InChI is InChI=1S/C26H26F2N2OS.C22H26F2N2OS.C21H23F3N2OS.C20H21F3N2OS/c1-26(27,28)21-9-5-11-23(17-21)32-18-22-10-6-12-24(29-22)25(31)30-15-13-20(14-16-30)19-7-3-2-4-8-19;1-15-10-16(2)13-26(12-15)21(27)20-9-5-7-18(25-20)14-28-19-8-4-6-17(11-19)22(3,23)24;1-20(2)10-5-11-26(14-20)19(27)18-9-4-7-16(25-18)13-28-17-8-3-6-15(12-17)21(22,23)24;1-14-5-4-10-25(12-14)19(26)18-9-3-7-16(24-18)13-27-17-8-2-6-15(11-17)20(21,22)23/h2-12,17,20H,13-16,18H2,1H3;4-9,11,15-16H,10,12-14H2,1-3H3;3-4,6-9,12H,5,10-11,13-14H2,1-2H3;2-3,6-9,11,14H,4-5,10,12-13H2,1H3. The molecule has 4 aliphatic rings. The summed E-state index contributed by atoms with van der Waals surface area (Å²) in [6, 6.07) is 55.1. The number of aromatic nitrogens is 4. The Morgan fingerprint density at radius 3 is 1.10 bits per heavy atom. The number of benzene rings is 5. The molecule has 4 aromatic heterocycles. The van der Waals surface area contributed by atoms with Gasteiger partial charge in [0.25, 0.3) is 35.5 Å². The summed E-state index contributed by atoms with van der Waals surface area (Å²) in [6.07, 6.45) is -1.47. The van der Waals surface area contributed by atoms with Crippen molar-refractivity contribution in [2.24, 2.45) is 23.2 Å². The van der Waals surface area contributed by atoms with Gasteiger partial charge in [0.1, 0.15) is 22.8 Å². The van der Waals surface area contributed by atoms with E-state index in [0.717, 1.165) is 150 Å². The molecule has 13 rings (SSSR count). The van der Waals surface area contributed by atoms with Crippen molar-refractivity contribution >= 4 is 70.7 Å². The zero-order valence-corrected chi connectivity index (χ0v) is 68.7. The first kappa shape index (κ1) is 88.6. The van der Waals surface area contributed by atoms with Crippen LogP contribution in [0.4, 0.5) is 43.9 Å². The van der Waals surface area contributed by atoms with Crippen molar-refractivity contribution in [1.82, 2.24) is 39.5 Å². The lowest BCUT2D eigenvalue weighted by Crippen LogP contribution is -2.43. The van der Waals surface area contributed by atoms with E-state index >= 15 is 0 Å². The number of piperidine rings is 4. The van der Waals surface area contributed by atoms with Crippen LogP contribution in [0.2, 0.25) is 0 Å². The molecule has 8 heterocycles. The number of hydrogen-bond donors (Lipinski definition) is 0. The summed E-state index contributed by atoms with van der Waals surface area (Å²) in [5, 5.41) is 0. The molecule has 0 spiro atoms. The van der Waals surface area contributed by atoms with Crippen LogP contribution < -0.4 is 0 Å². The van der Waals surface area contributed by atoms with Crippen molar-refractivity contribution in [3.05, 3.63) is 274 Å². The lowest BCUT2D eigenvalue weighted by Gasteiger charge is -2.37. The van der Waals surface area contributed by atoms with E-state index in [9.17, 15) is 63.1 Å². The molecule has 4 amide bonds. The monoisotopic (exact) mass is 1660 g/mol. The van der Waals surface area contributed by atoms with E-state index in [1.54, 1.807) is 72.8 Å². The van der Waals surface area contributed by atoms with E-state index in [-0.39, 0.29) is 40.2 Å². The topological polar surface area (TPSA) is 133 Å². The van der Waals surface area contributed by atoms with Crippen LogP contribution in [0, 0.1) is 23.2 Å². The van der Waals surface area contributed by atoms with Crippen LogP contribution in [0.15, 0.2) is 220 Å². The number of alkyl halides is 10. The number of amides is 4. The third kappa shape index (κ3) is 27.2. The molecule has 4 aliphatic heterocycles. The summed E-state index contributed by atoms with van der Waals surface area (Å²) in [6.45, 7) is 18.5. The zero-order chi connectivity index (χ0) is 82.7. The van der Waals surface area contributed by atoms with Crippen molar-refractivity contribution in [1.29, 1.82) is 0 Å². The normalized spacial score (nSPS) is 17.4. The third-order valence-electron chi connectivity index (χ3n) is 20.0. The molecule has 0 saturated carbocycles. The third-order valence-corrected chi connectivity index (χ3v) is 24.1. The summed E-state index contributed by atoms with van der Waals surface area (Å²) >= 11 is 5.42. The Morgan fingerprint density at radius 1 is 0.383 bits per heavy atom. The van der Waals surface area contributed by atoms with Gasteiger partial charge in [0, 0.05) is 120 Å². The minimum atomic E-state index is -4.36. The molecule has 3 atom stereocenters. The van der Waals surface area contributed by atoms with Crippen LogP contribution in [0.5, 0.6) is 0 Å². The summed E-state index contributed by atoms with van der Waals surface area (Å²) in [5.41, 5.74) is 4.65. The first-order chi connectivity index (χ1) is 54.6. The first-order valence-electron chi connectivity index (χ1n) is 38.5. The van der Waals surface area contributed by atoms with Gasteiger partial charge < -0.3 is 19.6 Å². The van der Waals surface area contributed by atoms with E-state index in [0.29, 0.717) is 97.2 Å². The second-order valence-electron chi connectivity index (χ2n) is 30.7. The number of likely N-dealkylation sites (tertiary alicyclic amines) is 4. The van der Waals surface area contributed by atoms with E-state index in [2.05, 4.69) is 78.8 Å². The number of rotatable bonds is 19. The number of thioether (sulfide) groups is 4. The van der Waals surface area contributed by atoms with Gasteiger partial charge in [0.15, 0.2) is 0 Å². The average Bonchev–Trinajstić information content (AvgIpc) is 0.843. The number of carbonyl (C=O) groups is 4. The van der Waals surface area contributed by atoms with Gasteiger partial charge in [-0.15, -0.1) is 47.0 Å². The molecule has 4 saturated heterocycles. The Kier molecular flexibility index (Phi) is 31.2. The fourth-order valence-electron chi connectivity index (χ4n) is 14.2. The maximum atomic E-state index is 13.6. The maximum absolute atomic E-state index is 13.6. The van der Waals surface area contributed by atoms with Crippen LogP contribution in [0.1, 0.15) is 192 Å². The lowest BCUT2D eigenvalue weighted by atomic mass is 9.84. The number of nitrogens with zero attached hydrogens (tertiary/aromatic N) is 8. The molecule has 3 unspecified atom stereocenters. The highest BCUT2D eigenvalue weighted by Gasteiger charge is 2.35. The van der Waals surface area contributed by atoms with Gasteiger partial charge in [-0.25, -0.2) is 37.5 Å². The molecule has 4 fully saturated rings. The van der Waals surface area contributed by atoms with Gasteiger partial charge in [-0.2, -0.15) is 26.3 Å². The Labute approximate surface area is 684 Å². The molecule has 12 nitrogen and oxygen atoms in total. The predicted octanol–water partition coefficient (Wildman–Crippen LogP) is 23.0. The second kappa shape index (κ2) is 40.4. The predicted molar refractivity (Wildman–Crippen MR) is 436 cm³/mol. The summed E-state index contributed by atoms with van der Waals surface area (Å²) in [7, 11) is 0. The first-order valence-corrected chi connectivity index (χ1v) is 42.4. The molecular weight excluding hydrogens is 1560 g/mol. The van der Waals surface area contributed by atoms with Crippen molar-refractivity contribution in [3.8, 4) is 0 Å². The van der Waals surface area contributed by atoms with Crippen LogP contribution in [0.25, 0.3) is 0 Å². The average molecular weight is 1660 g/mol.